The molecule has 0 unspecified atom stereocenters. The fourth-order valence-corrected chi connectivity index (χ4v) is 2.41. The summed E-state index contributed by atoms with van der Waals surface area (Å²) < 4.78 is 5.35. The lowest BCUT2D eigenvalue weighted by Crippen LogP contribution is -2.47. The van der Waals surface area contributed by atoms with Crippen molar-refractivity contribution in [2.75, 3.05) is 48.9 Å². The molecule has 21 heavy (non-hydrogen) atoms. The number of aliphatic hydroxyl groups is 1. The van der Waals surface area contributed by atoms with Crippen LogP contribution in [0.1, 0.15) is 26.7 Å². The van der Waals surface area contributed by atoms with E-state index in [0.717, 1.165) is 13.1 Å². The van der Waals surface area contributed by atoms with Gasteiger partial charge in [0.25, 0.3) is 0 Å². The number of aromatic nitrogens is 3. The van der Waals surface area contributed by atoms with Crippen LogP contribution in [0.5, 0.6) is 0 Å². The lowest BCUT2D eigenvalue weighted by Gasteiger charge is -2.36. The lowest BCUT2D eigenvalue weighted by atomic mass is 9.91. The van der Waals surface area contributed by atoms with Crippen LogP contribution in [-0.4, -0.2) is 58.5 Å². The molecule has 0 saturated carbocycles. The molecule has 1 aliphatic heterocycles. The minimum absolute atomic E-state index is 0.00253. The predicted octanol–water partition coefficient (Wildman–Crippen LogP) is 0.253. The van der Waals surface area contributed by atoms with Crippen molar-refractivity contribution in [3.8, 4) is 0 Å². The van der Waals surface area contributed by atoms with Gasteiger partial charge in [-0.3, -0.25) is 0 Å². The average Bonchev–Trinajstić information content (AvgIpc) is 2.49. The van der Waals surface area contributed by atoms with Gasteiger partial charge in [-0.2, -0.15) is 15.0 Å². The molecule has 1 saturated heterocycles. The number of hydrogen-bond acceptors (Lipinski definition) is 8. The van der Waals surface area contributed by atoms with Gasteiger partial charge in [0.15, 0.2) is 0 Å². The van der Waals surface area contributed by atoms with E-state index in [0.29, 0.717) is 38.0 Å². The summed E-state index contributed by atoms with van der Waals surface area (Å²) in [6.07, 6.45) is 1.41. The third-order valence-corrected chi connectivity index (χ3v) is 3.82. The fourth-order valence-electron chi connectivity index (χ4n) is 2.41. The normalized spacial score (nSPS) is 17.5. The zero-order valence-corrected chi connectivity index (χ0v) is 12.7. The fraction of sp³-hybridized carbons (Fsp3) is 0.769. The first-order valence-corrected chi connectivity index (χ1v) is 7.35. The molecule has 1 aromatic rings. The molecule has 118 valence electrons. The summed E-state index contributed by atoms with van der Waals surface area (Å²) in [6, 6.07) is 0. The van der Waals surface area contributed by atoms with Crippen LogP contribution in [0.3, 0.4) is 0 Å². The van der Waals surface area contributed by atoms with E-state index in [1.165, 1.54) is 0 Å². The molecule has 1 aliphatic rings. The maximum Gasteiger partial charge on any atom is 0.231 e. The van der Waals surface area contributed by atoms with Gasteiger partial charge in [-0.05, 0) is 26.7 Å². The summed E-state index contributed by atoms with van der Waals surface area (Å²) in [5.74, 6) is 1.13. The Labute approximate surface area is 124 Å². The predicted molar refractivity (Wildman–Crippen MR) is 81.3 cm³/mol. The van der Waals surface area contributed by atoms with Crippen molar-refractivity contribution in [1.82, 2.24) is 15.0 Å². The molecule has 0 spiro atoms. The van der Waals surface area contributed by atoms with Crippen LogP contribution < -0.4 is 16.0 Å². The third-order valence-electron chi connectivity index (χ3n) is 3.82. The number of hydrogen-bond donors (Lipinski definition) is 3. The second-order valence-electron chi connectivity index (χ2n) is 5.17. The van der Waals surface area contributed by atoms with E-state index in [-0.39, 0.29) is 12.6 Å². The molecule has 1 fully saturated rings. The maximum absolute atomic E-state index is 9.71. The van der Waals surface area contributed by atoms with Crippen LogP contribution in [0, 0.1) is 0 Å². The minimum Gasteiger partial charge on any atom is -0.394 e. The number of anilines is 3. The van der Waals surface area contributed by atoms with E-state index >= 15 is 0 Å². The van der Waals surface area contributed by atoms with Crippen LogP contribution in [0.25, 0.3) is 0 Å². The van der Waals surface area contributed by atoms with Gasteiger partial charge in [0.05, 0.1) is 12.1 Å². The highest BCUT2D eigenvalue weighted by molar-refractivity contribution is 5.43. The molecule has 0 aromatic carbocycles. The zero-order chi connectivity index (χ0) is 15.3. The van der Waals surface area contributed by atoms with Crippen LogP contribution in [0.4, 0.5) is 17.8 Å². The van der Waals surface area contributed by atoms with Crippen molar-refractivity contribution in [3.05, 3.63) is 0 Å². The molecule has 8 nitrogen and oxygen atoms in total. The quantitative estimate of drug-likeness (QED) is 0.685. The van der Waals surface area contributed by atoms with Gasteiger partial charge < -0.3 is 25.8 Å². The number of nitrogens with two attached hydrogens (primary N) is 1. The van der Waals surface area contributed by atoms with E-state index < -0.39 is 5.54 Å². The molecule has 0 radical (unpaired) electrons. The number of nitrogens with one attached hydrogen (secondary N) is 1. The van der Waals surface area contributed by atoms with Crippen molar-refractivity contribution in [2.45, 2.75) is 32.2 Å². The minimum atomic E-state index is -0.452. The molecule has 0 bridgehead atoms. The highest BCUT2D eigenvalue weighted by Crippen LogP contribution is 2.25. The summed E-state index contributed by atoms with van der Waals surface area (Å²) in [4.78, 5) is 14.7. The number of nitrogens with zero attached hydrogens (tertiary/aromatic N) is 4. The van der Waals surface area contributed by atoms with Gasteiger partial charge in [0.1, 0.15) is 0 Å². The highest BCUT2D eigenvalue weighted by atomic mass is 16.5. The molecular weight excluding hydrogens is 272 g/mol. The second-order valence-corrected chi connectivity index (χ2v) is 5.17. The summed E-state index contributed by atoms with van der Waals surface area (Å²) in [5.41, 5.74) is 5.33. The smallest absolute Gasteiger partial charge is 0.231 e. The molecule has 4 N–H and O–H groups in total. The van der Waals surface area contributed by atoms with E-state index in [1.54, 1.807) is 0 Å². The molecule has 0 amide bonds. The Morgan fingerprint density at radius 1 is 1.24 bits per heavy atom. The Balaban J connectivity index is 2.22. The van der Waals surface area contributed by atoms with E-state index in [2.05, 4.69) is 20.3 Å². The van der Waals surface area contributed by atoms with Gasteiger partial charge in [-0.15, -0.1) is 0 Å². The molecule has 8 heteroatoms. The van der Waals surface area contributed by atoms with E-state index in [9.17, 15) is 5.11 Å². The summed E-state index contributed by atoms with van der Waals surface area (Å²) in [5, 5.41) is 12.9. The van der Waals surface area contributed by atoms with Crippen molar-refractivity contribution in [1.29, 1.82) is 0 Å². The number of ether oxygens (including phenoxy) is 1. The third kappa shape index (κ3) is 3.70. The monoisotopic (exact) mass is 296 g/mol. The van der Waals surface area contributed by atoms with Gasteiger partial charge in [0, 0.05) is 26.3 Å². The Hall–Kier alpha value is -1.67. The average molecular weight is 296 g/mol. The Morgan fingerprint density at radius 3 is 2.48 bits per heavy atom. The number of aliphatic hydroxyl groups excluding tert-OH is 1. The maximum atomic E-state index is 9.71. The Bertz CT molecular complexity index is 460. The van der Waals surface area contributed by atoms with Crippen molar-refractivity contribution >= 4 is 17.8 Å². The second kappa shape index (κ2) is 6.86. The van der Waals surface area contributed by atoms with Gasteiger partial charge in [0.2, 0.25) is 17.8 Å². The van der Waals surface area contributed by atoms with E-state index in [4.69, 9.17) is 10.5 Å². The summed E-state index contributed by atoms with van der Waals surface area (Å²) in [6.45, 7) is 6.86. The van der Waals surface area contributed by atoms with Gasteiger partial charge in [-0.1, -0.05) is 0 Å². The van der Waals surface area contributed by atoms with Crippen molar-refractivity contribution in [2.24, 2.45) is 0 Å². The largest absolute Gasteiger partial charge is 0.394 e. The van der Waals surface area contributed by atoms with Gasteiger partial charge >= 0.3 is 0 Å². The lowest BCUT2D eigenvalue weighted by molar-refractivity contribution is 0.0377. The van der Waals surface area contributed by atoms with Crippen LogP contribution in [0.2, 0.25) is 0 Å². The van der Waals surface area contributed by atoms with Crippen molar-refractivity contribution < 1.29 is 9.84 Å². The SMILES string of the molecule is CCN(CC)c1nc(N)nc(NC2(CO)CCOCC2)n1. The molecule has 0 atom stereocenters. The van der Waals surface area contributed by atoms with Crippen LogP contribution >= 0.6 is 0 Å². The zero-order valence-electron chi connectivity index (χ0n) is 12.7. The Morgan fingerprint density at radius 2 is 1.90 bits per heavy atom. The number of rotatable bonds is 6. The van der Waals surface area contributed by atoms with Gasteiger partial charge in [-0.25, -0.2) is 0 Å². The van der Waals surface area contributed by atoms with Crippen LogP contribution in [-0.2, 0) is 4.74 Å². The molecular formula is C13H24N6O2. The first-order chi connectivity index (χ1) is 10.1. The van der Waals surface area contributed by atoms with E-state index in [1.807, 2.05) is 18.7 Å². The van der Waals surface area contributed by atoms with Crippen LogP contribution in [0.15, 0.2) is 0 Å². The first kappa shape index (κ1) is 15.7. The highest BCUT2D eigenvalue weighted by Gasteiger charge is 2.33. The molecule has 0 aliphatic carbocycles. The topological polar surface area (TPSA) is 109 Å². The number of nitrogen functional groups attached to an aromatic ring is 1. The standard InChI is InChI=1S/C13H24N6O2/c1-3-19(4-2)12-16-10(14)15-11(17-12)18-13(9-20)5-7-21-8-6-13/h20H,3-9H2,1-2H3,(H3,14,15,16,17,18). The summed E-state index contributed by atoms with van der Waals surface area (Å²) in [7, 11) is 0. The molecule has 2 heterocycles. The Kier molecular flexibility index (Phi) is 5.13. The van der Waals surface area contributed by atoms with Crippen molar-refractivity contribution in [3.63, 3.8) is 0 Å². The first-order valence-electron chi connectivity index (χ1n) is 7.35. The summed E-state index contributed by atoms with van der Waals surface area (Å²) >= 11 is 0. The molecule has 2 rings (SSSR count). The molecule has 1 aromatic heterocycles.